The number of nitrogens with zero attached hydrogens (tertiary/aromatic N) is 2. The molecule has 0 bridgehead atoms. The van der Waals surface area contributed by atoms with Crippen LogP contribution in [0.2, 0.25) is 0 Å². The lowest BCUT2D eigenvalue weighted by Gasteiger charge is -2.35. The van der Waals surface area contributed by atoms with Crippen molar-refractivity contribution < 1.29 is 9.53 Å². The van der Waals surface area contributed by atoms with E-state index in [0.29, 0.717) is 5.56 Å². The number of H-pyrrole nitrogens is 2. The molecule has 8 nitrogen and oxygen atoms in total. The molecule has 0 amide bonds. The zero-order valence-corrected chi connectivity index (χ0v) is 14.7. The van der Waals surface area contributed by atoms with E-state index in [1.807, 2.05) is 12.1 Å². The second-order valence-electron chi connectivity index (χ2n) is 6.16. The van der Waals surface area contributed by atoms with Gasteiger partial charge in [0.15, 0.2) is 0 Å². The Kier molecular flexibility index (Phi) is 5.52. The molecule has 1 saturated heterocycles. The number of anilines is 1. The first-order valence-corrected chi connectivity index (χ1v) is 8.62. The molecule has 1 fully saturated rings. The number of nitrogens with one attached hydrogen (secondary N) is 2. The summed E-state index contributed by atoms with van der Waals surface area (Å²) < 4.78 is 5.16. The lowest BCUT2D eigenvalue weighted by molar-refractivity contribution is 0.0467. The Hall–Kier alpha value is -2.87. The Morgan fingerprint density at radius 3 is 2.38 bits per heavy atom. The number of piperazine rings is 1. The molecule has 0 radical (unpaired) electrons. The molecule has 26 heavy (non-hydrogen) atoms. The monoisotopic (exact) mass is 358 g/mol. The van der Waals surface area contributed by atoms with E-state index in [9.17, 15) is 14.4 Å². The summed E-state index contributed by atoms with van der Waals surface area (Å²) in [6.07, 6.45) is 0. The van der Waals surface area contributed by atoms with Gasteiger partial charge < -0.3 is 19.5 Å². The maximum atomic E-state index is 12.1. The number of hydrogen-bond acceptors (Lipinski definition) is 6. The normalized spacial score (nSPS) is 15.0. The summed E-state index contributed by atoms with van der Waals surface area (Å²) in [6.45, 7) is 7.07. The molecule has 2 N–H and O–H groups in total. The Balaban J connectivity index is 1.58. The second-order valence-corrected chi connectivity index (χ2v) is 6.16. The van der Waals surface area contributed by atoms with Gasteiger partial charge in [0.05, 0.1) is 11.3 Å². The van der Waals surface area contributed by atoms with Gasteiger partial charge in [-0.2, -0.15) is 0 Å². The quantitative estimate of drug-likeness (QED) is 0.758. The van der Waals surface area contributed by atoms with Crippen LogP contribution in [0.25, 0.3) is 0 Å². The summed E-state index contributed by atoms with van der Waals surface area (Å²) in [7, 11) is 0. The molecule has 8 heteroatoms. The van der Waals surface area contributed by atoms with Crippen molar-refractivity contribution in [3.63, 3.8) is 0 Å². The zero-order valence-electron chi connectivity index (χ0n) is 14.7. The number of ether oxygens (including phenoxy) is 1. The van der Waals surface area contributed by atoms with Crippen molar-refractivity contribution in [2.75, 3.05) is 37.6 Å². The van der Waals surface area contributed by atoms with Crippen molar-refractivity contribution >= 4 is 11.7 Å². The van der Waals surface area contributed by atoms with Crippen molar-refractivity contribution in [2.45, 2.75) is 13.5 Å². The fourth-order valence-corrected chi connectivity index (χ4v) is 2.95. The molecule has 3 rings (SSSR count). The minimum Gasteiger partial charge on any atom is -0.456 e. The van der Waals surface area contributed by atoms with Crippen molar-refractivity contribution in [3.05, 3.63) is 62.4 Å². The smallest absolute Gasteiger partial charge is 0.338 e. The SMILES string of the molecule is CCN1CCN(c2ccc(C(=O)OCc3cc(=O)[nH]c(=O)[nH]3)cc2)CC1. The Labute approximate surface area is 150 Å². The first-order chi connectivity index (χ1) is 12.5. The second kappa shape index (κ2) is 8.01. The van der Waals surface area contributed by atoms with Crippen LogP contribution in [0.15, 0.2) is 39.9 Å². The molecule has 0 atom stereocenters. The van der Waals surface area contributed by atoms with Crippen LogP contribution in [-0.2, 0) is 11.3 Å². The third kappa shape index (κ3) is 4.40. The van der Waals surface area contributed by atoms with Gasteiger partial charge in [-0.05, 0) is 30.8 Å². The van der Waals surface area contributed by atoms with Gasteiger partial charge in [0, 0.05) is 37.9 Å². The van der Waals surface area contributed by atoms with E-state index in [-0.39, 0.29) is 12.3 Å². The third-order valence-corrected chi connectivity index (χ3v) is 4.46. The van der Waals surface area contributed by atoms with E-state index < -0.39 is 17.2 Å². The predicted octanol–water partition coefficient (Wildman–Crippen LogP) is 0.562. The van der Waals surface area contributed by atoms with Crippen molar-refractivity contribution in [1.29, 1.82) is 0 Å². The minimum absolute atomic E-state index is 0.168. The number of aromatic amines is 2. The molecular formula is C18H22N4O4. The van der Waals surface area contributed by atoms with Gasteiger partial charge in [-0.3, -0.25) is 9.78 Å². The van der Waals surface area contributed by atoms with Gasteiger partial charge in [-0.1, -0.05) is 6.92 Å². The average molecular weight is 358 g/mol. The average Bonchev–Trinajstić information content (AvgIpc) is 2.65. The molecule has 2 aromatic rings. The Morgan fingerprint density at radius 1 is 1.08 bits per heavy atom. The summed E-state index contributed by atoms with van der Waals surface area (Å²) in [4.78, 5) is 43.7. The van der Waals surface area contributed by atoms with E-state index in [0.717, 1.165) is 38.4 Å². The van der Waals surface area contributed by atoms with Crippen LogP contribution in [0.5, 0.6) is 0 Å². The fourth-order valence-electron chi connectivity index (χ4n) is 2.95. The van der Waals surface area contributed by atoms with Crippen LogP contribution in [0.4, 0.5) is 5.69 Å². The highest BCUT2D eigenvalue weighted by atomic mass is 16.5. The Morgan fingerprint density at radius 2 is 1.77 bits per heavy atom. The van der Waals surface area contributed by atoms with E-state index in [1.54, 1.807) is 12.1 Å². The van der Waals surface area contributed by atoms with Gasteiger partial charge in [0.25, 0.3) is 5.56 Å². The summed E-state index contributed by atoms with van der Waals surface area (Å²) in [5.41, 5.74) is 0.588. The highest BCUT2D eigenvalue weighted by Gasteiger charge is 2.16. The molecule has 1 aliphatic rings. The van der Waals surface area contributed by atoms with Crippen molar-refractivity contribution in [3.8, 4) is 0 Å². The lowest BCUT2D eigenvalue weighted by atomic mass is 10.2. The summed E-state index contributed by atoms with van der Waals surface area (Å²) in [5, 5.41) is 0. The first-order valence-electron chi connectivity index (χ1n) is 8.62. The molecule has 1 aromatic carbocycles. The fraction of sp³-hybridized carbons (Fsp3) is 0.389. The van der Waals surface area contributed by atoms with E-state index >= 15 is 0 Å². The van der Waals surface area contributed by atoms with Crippen LogP contribution >= 0.6 is 0 Å². The summed E-state index contributed by atoms with van der Waals surface area (Å²) in [5.74, 6) is -0.506. The van der Waals surface area contributed by atoms with Crippen LogP contribution in [-0.4, -0.2) is 53.6 Å². The van der Waals surface area contributed by atoms with Crippen molar-refractivity contribution in [2.24, 2.45) is 0 Å². The Bertz CT molecular complexity index is 836. The maximum Gasteiger partial charge on any atom is 0.338 e. The number of likely N-dealkylation sites (N-methyl/N-ethyl adjacent to an activating group) is 1. The molecule has 0 spiro atoms. The number of carbonyl (C=O) groups excluding carboxylic acids is 1. The number of hydrogen-bond donors (Lipinski definition) is 2. The van der Waals surface area contributed by atoms with E-state index in [2.05, 4.69) is 26.7 Å². The maximum absolute atomic E-state index is 12.1. The summed E-state index contributed by atoms with van der Waals surface area (Å²) in [6, 6.07) is 8.46. The molecule has 138 valence electrons. The molecule has 2 heterocycles. The zero-order chi connectivity index (χ0) is 18.5. The molecule has 0 unspecified atom stereocenters. The number of carbonyl (C=O) groups is 1. The van der Waals surface area contributed by atoms with Crippen LogP contribution in [0.3, 0.4) is 0 Å². The van der Waals surface area contributed by atoms with E-state index in [1.165, 1.54) is 6.07 Å². The number of benzene rings is 1. The van der Waals surface area contributed by atoms with Crippen LogP contribution in [0, 0.1) is 0 Å². The first kappa shape index (κ1) is 17.9. The summed E-state index contributed by atoms with van der Waals surface area (Å²) >= 11 is 0. The van der Waals surface area contributed by atoms with Crippen LogP contribution < -0.4 is 16.1 Å². The van der Waals surface area contributed by atoms with Gasteiger partial charge >= 0.3 is 11.7 Å². The molecule has 0 saturated carbocycles. The minimum atomic E-state index is -0.629. The van der Waals surface area contributed by atoms with E-state index in [4.69, 9.17) is 4.74 Å². The van der Waals surface area contributed by atoms with Crippen LogP contribution in [0.1, 0.15) is 23.0 Å². The number of rotatable bonds is 5. The van der Waals surface area contributed by atoms with Gasteiger partial charge in [0.2, 0.25) is 0 Å². The van der Waals surface area contributed by atoms with Gasteiger partial charge in [-0.25, -0.2) is 9.59 Å². The molecular weight excluding hydrogens is 336 g/mol. The largest absolute Gasteiger partial charge is 0.456 e. The predicted molar refractivity (Wildman–Crippen MR) is 97.6 cm³/mol. The number of aromatic nitrogens is 2. The topological polar surface area (TPSA) is 98.5 Å². The van der Waals surface area contributed by atoms with Gasteiger partial charge in [0.1, 0.15) is 6.61 Å². The highest BCUT2D eigenvalue weighted by molar-refractivity contribution is 5.89. The van der Waals surface area contributed by atoms with Gasteiger partial charge in [-0.15, -0.1) is 0 Å². The lowest BCUT2D eigenvalue weighted by Crippen LogP contribution is -2.46. The highest BCUT2D eigenvalue weighted by Crippen LogP contribution is 2.18. The molecule has 1 aliphatic heterocycles. The third-order valence-electron chi connectivity index (χ3n) is 4.46. The molecule has 1 aromatic heterocycles. The standard InChI is InChI=1S/C18H22N4O4/c1-2-21-7-9-22(10-8-21)15-5-3-13(4-6-15)17(24)26-12-14-11-16(23)20-18(25)19-14/h3-6,11H,2,7-10,12H2,1H3,(H2,19,20,23,25). The van der Waals surface area contributed by atoms with Crippen molar-refractivity contribution in [1.82, 2.24) is 14.9 Å². The molecule has 0 aliphatic carbocycles. The number of esters is 1.